The fourth-order valence-electron chi connectivity index (χ4n) is 1.40. The van der Waals surface area contributed by atoms with Crippen molar-refractivity contribution in [2.75, 3.05) is 11.0 Å². The molecule has 0 spiro atoms. The lowest BCUT2D eigenvalue weighted by atomic mass is 9.86. The Balaban J connectivity index is 3.20. The molecule has 3 nitrogen and oxygen atoms in total. The third kappa shape index (κ3) is 3.52. The molecule has 0 fully saturated rings. The van der Waals surface area contributed by atoms with E-state index in [4.69, 9.17) is 0 Å². The van der Waals surface area contributed by atoms with Crippen LogP contribution in [0.3, 0.4) is 0 Å². The van der Waals surface area contributed by atoms with Crippen LogP contribution in [0.5, 0.6) is 0 Å². The highest BCUT2D eigenvalue weighted by molar-refractivity contribution is 7.92. The first-order chi connectivity index (χ1) is 7.09. The van der Waals surface area contributed by atoms with E-state index < -0.39 is 10.0 Å². The van der Waals surface area contributed by atoms with Crippen molar-refractivity contribution in [2.24, 2.45) is 0 Å². The summed E-state index contributed by atoms with van der Waals surface area (Å²) in [6.45, 7) is 8.19. The van der Waals surface area contributed by atoms with Crippen LogP contribution in [0.15, 0.2) is 18.2 Å². The predicted octanol–water partition coefficient (Wildman–Crippen LogP) is 2.66. The fraction of sp³-hybridized carbons (Fsp3) is 0.500. The van der Waals surface area contributed by atoms with Crippen molar-refractivity contribution < 1.29 is 8.42 Å². The fourth-order valence-corrected chi connectivity index (χ4v) is 2.02. The largest absolute Gasteiger partial charge is 0.284 e. The summed E-state index contributed by atoms with van der Waals surface area (Å²) in [5.41, 5.74) is 2.72. The van der Waals surface area contributed by atoms with Crippen molar-refractivity contribution in [1.82, 2.24) is 0 Å². The van der Waals surface area contributed by atoms with Gasteiger partial charge in [-0.2, -0.15) is 0 Å². The van der Waals surface area contributed by atoms with Crippen LogP contribution in [0.4, 0.5) is 5.69 Å². The number of aryl methyl sites for hydroxylation is 1. The zero-order valence-electron chi connectivity index (χ0n) is 10.5. The van der Waals surface area contributed by atoms with Crippen molar-refractivity contribution in [2.45, 2.75) is 33.1 Å². The van der Waals surface area contributed by atoms with E-state index in [1.165, 1.54) is 0 Å². The average Bonchev–Trinajstić information content (AvgIpc) is 2.04. The van der Waals surface area contributed by atoms with Crippen LogP contribution in [0.2, 0.25) is 0 Å². The Kier molecular flexibility index (Phi) is 3.33. The number of rotatable bonds is 2. The van der Waals surface area contributed by atoms with E-state index in [2.05, 4.69) is 25.5 Å². The molecular weight excluding hydrogens is 222 g/mol. The van der Waals surface area contributed by atoms with Crippen LogP contribution in [-0.2, 0) is 15.4 Å². The van der Waals surface area contributed by atoms with Crippen molar-refractivity contribution in [3.63, 3.8) is 0 Å². The molecule has 0 aromatic heterocycles. The number of hydrogen-bond acceptors (Lipinski definition) is 2. The minimum atomic E-state index is -3.21. The molecule has 1 aromatic carbocycles. The number of sulfonamides is 1. The molecule has 1 rings (SSSR count). The second kappa shape index (κ2) is 4.09. The Morgan fingerprint density at radius 3 is 2.19 bits per heavy atom. The highest BCUT2D eigenvalue weighted by Gasteiger charge is 2.15. The van der Waals surface area contributed by atoms with Crippen molar-refractivity contribution in [3.05, 3.63) is 29.3 Å². The Bertz CT molecular complexity index is 484. The molecule has 4 heteroatoms. The molecule has 1 aromatic rings. The van der Waals surface area contributed by atoms with Gasteiger partial charge >= 0.3 is 0 Å². The van der Waals surface area contributed by atoms with Gasteiger partial charge in [0.1, 0.15) is 0 Å². The molecule has 0 amide bonds. The zero-order chi connectivity index (χ0) is 12.6. The molecule has 16 heavy (non-hydrogen) atoms. The molecule has 0 heterocycles. The minimum absolute atomic E-state index is 0.0155. The first-order valence-electron chi connectivity index (χ1n) is 5.18. The molecule has 0 unspecified atom stereocenters. The lowest BCUT2D eigenvalue weighted by molar-refractivity contribution is 0.590. The van der Waals surface area contributed by atoms with Crippen molar-refractivity contribution in [1.29, 1.82) is 0 Å². The maximum absolute atomic E-state index is 11.2. The Hall–Kier alpha value is -1.03. The molecule has 0 aliphatic heterocycles. The topological polar surface area (TPSA) is 46.2 Å². The summed E-state index contributed by atoms with van der Waals surface area (Å²) in [6, 6.07) is 5.87. The molecule has 0 saturated heterocycles. The number of benzene rings is 1. The second-order valence-electron chi connectivity index (χ2n) is 5.15. The van der Waals surface area contributed by atoms with Crippen LogP contribution in [0, 0.1) is 6.92 Å². The molecular formula is C12H19NO2S. The van der Waals surface area contributed by atoms with Gasteiger partial charge in [0.25, 0.3) is 0 Å². The van der Waals surface area contributed by atoms with Crippen LogP contribution in [0.25, 0.3) is 0 Å². The summed E-state index contributed by atoms with van der Waals surface area (Å²) in [7, 11) is -3.21. The maximum atomic E-state index is 11.2. The molecule has 0 saturated carbocycles. The second-order valence-corrected chi connectivity index (χ2v) is 6.90. The lowest BCUT2D eigenvalue weighted by Crippen LogP contribution is -2.14. The van der Waals surface area contributed by atoms with E-state index in [0.29, 0.717) is 5.69 Å². The Labute approximate surface area is 97.9 Å². The Morgan fingerprint density at radius 2 is 1.75 bits per heavy atom. The van der Waals surface area contributed by atoms with E-state index in [0.717, 1.165) is 17.4 Å². The van der Waals surface area contributed by atoms with Crippen LogP contribution < -0.4 is 4.72 Å². The minimum Gasteiger partial charge on any atom is -0.284 e. The summed E-state index contributed by atoms with van der Waals surface area (Å²) in [6.07, 6.45) is 1.16. The quantitative estimate of drug-likeness (QED) is 0.865. The van der Waals surface area contributed by atoms with Gasteiger partial charge in [-0.3, -0.25) is 4.72 Å². The smallest absolute Gasteiger partial charge is 0.229 e. The summed E-state index contributed by atoms with van der Waals surface area (Å²) in [4.78, 5) is 0. The first-order valence-corrected chi connectivity index (χ1v) is 7.08. The van der Waals surface area contributed by atoms with E-state index in [1.807, 2.05) is 25.1 Å². The molecule has 1 N–H and O–H groups in total. The molecule has 0 atom stereocenters. The van der Waals surface area contributed by atoms with Gasteiger partial charge < -0.3 is 0 Å². The maximum Gasteiger partial charge on any atom is 0.229 e. The van der Waals surface area contributed by atoms with Gasteiger partial charge in [-0.1, -0.05) is 32.9 Å². The summed E-state index contributed by atoms with van der Waals surface area (Å²) < 4.78 is 24.9. The van der Waals surface area contributed by atoms with Gasteiger partial charge in [-0.25, -0.2) is 8.42 Å². The summed E-state index contributed by atoms with van der Waals surface area (Å²) in [5.74, 6) is 0. The highest BCUT2D eigenvalue weighted by atomic mass is 32.2. The van der Waals surface area contributed by atoms with Crippen LogP contribution >= 0.6 is 0 Å². The highest BCUT2D eigenvalue weighted by Crippen LogP contribution is 2.27. The molecule has 0 aliphatic carbocycles. The Morgan fingerprint density at radius 1 is 1.19 bits per heavy atom. The average molecular weight is 241 g/mol. The van der Waals surface area contributed by atoms with Crippen molar-refractivity contribution in [3.8, 4) is 0 Å². The molecule has 0 radical (unpaired) electrons. The number of anilines is 1. The molecule has 90 valence electrons. The van der Waals surface area contributed by atoms with E-state index in [1.54, 1.807) is 0 Å². The number of hydrogen-bond donors (Lipinski definition) is 1. The number of nitrogens with one attached hydrogen (secondary N) is 1. The third-order valence-corrected chi connectivity index (χ3v) is 2.99. The van der Waals surface area contributed by atoms with Crippen LogP contribution in [0.1, 0.15) is 31.9 Å². The van der Waals surface area contributed by atoms with Gasteiger partial charge in [0.15, 0.2) is 0 Å². The van der Waals surface area contributed by atoms with Crippen LogP contribution in [-0.4, -0.2) is 14.7 Å². The van der Waals surface area contributed by atoms with Crippen molar-refractivity contribution >= 4 is 15.7 Å². The van der Waals surface area contributed by atoms with Gasteiger partial charge in [0, 0.05) is 0 Å². The standard InChI is InChI=1S/C12H19NO2S/c1-9-6-7-10(12(2,3)4)8-11(9)13-16(5,14)15/h6-8,13H,1-5H3. The normalized spacial score (nSPS) is 12.6. The summed E-state index contributed by atoms with van der Waals surface area (Å²) in [5, 5.41) is 0. The van der Waals surface area contributed by atoms with Gasteiger partial charge in [0.2, 0.25) is 10.0 Å². The molecule has 0 aliphatic rings. The lowest BCUT2D eigenvalue weighted by Gasteiger charge is -2.21. The van der Waals surface area contributed by atoms with E-state index >= 15 is 0 Å². The van der Waals surface area contributed by atoms with E-state index in [-0.39, 0.29) is 5.41 Å². The first kappa shape index (κ1) is 13.0. The van der Waals surface area contributed by atoms with E-state index in [9.17, 15) is 8.42 Å². The van der Waals surface area contributed by atoms with Gasteiger partial charge in [0.05, 0.1) is 11.9 Å². The SMILES string of the molecule is Cc1ccc(C(C)(C)C)cc1NS(C)(=O)=O. The summed E-state index contributed by atoms with van der Waals surface area (Å²) >= 11 is 0. The third-order valence-electron chi connectivity index (χ3n) is 2.40. The predicted molar refractivity (Wildman–Crippen MR) is 68.3 cm³/mol. The van der Waals surface area contributed by atoms with Gasteiger partial charge in [-0.05, 0) is 29.5 Å². The molecule has 0 bridgehead atoms. The zero-order valence-corrected chi connectivity index (χ0v) is 11.3. The van der Waals surface area contributed by atoms with Gasteiger partial charge in [-0.15, -0.1) is 0 Å². The monoisotopic (exact) mass is 241 g/mol.